The molecule has 0 aliphatic rings. The summed E-state index contributed by atoms with van der Waals surface area (Å²) in [4.78, 5) is 6.53. The molecule has 0 radical (unpaired) electrons. The van der Waals surface area contributed by atoms with Gasteiger partial charge in [0.1, 0.15) is 0 Å². The Morgan fingerprint density at radius 3 is 2.92 bits per heavy atom. The first-order valence-electron chi connectivity index (χ1n) is 4.52. The Labute approximate surface area is 85.4 Å². The Morgan fingerprint density at radius 1 is 1.46 bits per heavy atom. The summed E-state index contributed by atoms with van der Waals surface area (Å²) in [6, 6.07) is 6.02. The van der Waals surface area contributed by atoms with E-state index in [1.165, 1.54) is 0 Å². The topological polar surface area (TPSA) is 16.1 Å². The lowest BCUT2D eigenvalue weighted by molar-refractivity contribution is 0.324. The molecule has 0 atom stereocenters. The summed E-state index contributed by atoms with van der Waals surface area (Å²) in [5.41, 5.74) is 1.13. The molecule has 0 saturated carbocycles. The van der Waals surface area contributed by atoms with Crippen LogP contribution in [0.4, 0.5) is 0 Å². The van der Waals surface area contributed by atoms with Crippen LogP contribution in [0.25, 0.3) is 0 Å². The Bertz CT molecular complexity index is 226. The van der Waals surface area contributed by atoms with Crippen molar-refractivity contribution in [3.63, 3.8) is 0 Å². The van der Waals surface area contributed by atoms with Gasteiger partial charge in [-0.05, 0) is 37.9 Å². The summed E-state index contributed by atoms with van der Waals surface area (Å²) in [7, 11) is 2.11. The van der Waals surface area contributed by atoms with Crippen LogP contribution in [0.2, 0.25) is 0 Å². The number of hydrogen-bond acceptors (Lipinski definition) is 3. The van der Waals surface area contributed by atoms with E-state index in [1.54, 1.807) is 0 Å². The molecule has 1 heterocycles. The van der Waals surface area contributed by atoms with E-state index >= 15 is 0 Å². The van der Waals surface area contributed by atoms with Crippen molar-refractivity contribution in [2.45, 2.75) is 13.0 Å². The number of rotatable bonds is 5. The maximum atomic E-state index is 4.27. The van der Waals surface area contributed by atoms with Gasteiger partial charge in [-0.3, -0.25) is 4.98 Å². The van der Waals surface area contributed by atoms with Crippen molar-refractivity contribution in [1.29, 1.82) is 0 Å². The van der Waals surface area contributed by atoms with Crippen molar-refractivity contribution in [3.05, 3.63) is 30.1 Å². The summed E-state index contributed by atoms with van der Waals surface area (Å²) in [5, 5.41) is 0. The summed E-state index contributed by atoms with van der Waals surface area (Å²) >= 11 is 4.18. The third kappa shape index (κ3) is 4.29. The highest BCUT2D eigenvalue weighted by Crippen LogP contribution is 1.99. The van der Waals surface area contributed by atoms with Gasteiger partial charge in [-0.25, -0.2) is 0 Å². The Morgan fingerprint density at radius 2 is 2.31 bits per heavy atom. The molecule has 0 aromatic carbocycles. The standard InChI is InChI=1S/C10H16N2S/c1-12(7-4-8-13)9-10-5-2-3-6-11-10/h2-3,5-6,13H,4,7-9H2,1H3. The lowest BCUT2D eigenvalue weighted by Gasteiger charge is -2.14. The molecule has 0 aliphatic carbocycles. The van der Waals surface area contributed by atoms with E-state index in [1.807, 2.05) is 18.3 Å². The Balaban J connectivity index is 2.32. The molecule has 1 aromatic heterocycles. The van der Waals surface area contributed by atoms with Crippen molar-refractivity contribution in [3.8, 4) is 0 Å². The zero-order chi connectivity index (χ0) is 9.52. The molecule has 0 unspecified atom stereocenters. The second-order valence-electron chi connectivity index (χ2n) is 3.14. The lowest BCUT2D eigenvalue weighted by atomic mass is 10.3. The average Bonchev–Trinajstić information content (AvgIpc) is 2.16. The van der Waals surface area contributed by atoms with E-state index in [2.05, 4.69) is 35.6 Å². The van der Waals surface area contributed by atoms with Gasteiger partial charge in [0.05, 0.1) is 5.69 Å². The smallest absolute Gasteiger partial charge is 0.0543 e. The second kappa shape index (κ2) is 6.00. The average molecular weight is 196 g/mol. The van der Waals surface area contributed by atoms with Crippen molar-refractivity contribution >= 4 is 12.6 Å². The maximum Gasteiger partial charge on any atom is 0.0543 e. The minimum Gasteiger partial charge on any atom is -0.301 e. The minimum atomic E-state index is 0.925. The SMILES string of the molecule is CN(CCCS)Cc1ccccn1. The highest BCUT2D eigenvalue weighted by Gasteiger charge is 1.99. The van der Waals surface area contributed by atoms with Gasteiger partial charge in [-0.2, -0.15) is 12.6 Å². The van der Waals surface area contributed by atoms with E-state index in [4.69, 9.17) is 0 Å². The fourth-order valence-electron chi connectivity index (χ4n) is 1.19. The summed E-state index contributed by atoms with van der Waals surface area (Å²) in [6.07, 6.45) is 2.97. The maximum absolute atomic E-state index is 4.27. The molecule has 1 aromatic rings. The van der Waals surface area contributed by atoms with Gasteiger partial charge < -0.3 is 4.90 Å². The molecule has 0 N–H and O–H groups in total. The Kier molecular flexibility index (Phi) is 4.86. The van der Waals surface area contributed by atoms with Crippen LogP contribution in [0, 0.1) is 0 Å². The predicted molar refractivity (Wildman–Crippen MR) is 59.0 cm³/mol. The normalized spacial score (nSPS) is 10.7. The lowest BCUT2D eigenvalue weighted by Crippen LogP contribution is -2.19. The van der Waals surface area contributed by atoms with Crippen LogP contribution in [0.15, 0.2) is 24.4 Å². The number of hydrogen-bond donors (Lipinski definition) is 1. The quantitative estimate of drug-likeness (QED) is 0.723. The van der Waals surface area contributed by atoms with Crippen LogP contribution in [-0.2, 0) is 6.54 Å². The summed E-state index contributed by atoms with van der Waals surface area (Å²) in [6.45, 7) is 2.01. The van der Waals surface area contributed by atoms with Crippen LogP contribution in [-0.4, -0.2) is 29.2 Å². The highest BCUT2D eigenvalue weighted by molar-refractivity contribution is 7.80. The molecule has 72 valence electrons. The number of thiol groups is 1. The first-order chi connectivity index (χ1) is 6.33. The number of aromatic nitrogens is 1. The van der Waals surface area contributed by atoms with E-state index in [0.29, 0.717) is 0 Å². The number of pyridine rings is 1. The third-order valence-electron chi connectivity index (χ3n) is 1.86. The van der Waals surface area contributed by atoms with E-state index < -0.39 is 0 Å². The molecule has 2 nitrogen and oxygen atoms in total. The monoisotopic (exact) mass is 196 g/mol. The molecule has 0 spiro atoms. The molecule has 13 heavy (non-hydrogen) atoms. The van der Waals surface area contributed by atoms with Crippen LogP contribution < -0.4 is 0 Å². The number of nitrogens with zero attached hydrogens (tertiary/aromatic N) is 2. The zero-order valence-electron chi connectivity index (χ0n) is 7.98. The van der Waals surface area contributed by atoms with E-state index in [-0.39, 0.29) is 0 Å². The van der Waals surface area contributed by atoms with Crippen molar-refractivity contribution in [2.75, 3.05) is 19.3 Å². The molecule has 0 fully saturated rings. The van der Waals surface area contributed by atoms with Gasteiger partial charge in [0, 0.05) is 12.7 Å². The molecule has 0 bridgehead atoms. The molecule has 3 heteroatoms. The van der Waals surface area contributed by atoms with Gasteiger partial charge in [0.15, 0.2) is 0 Å². The molecule has 1 rings (SSSR count). The van der Waals surface area contributed by atoms with Gasteiger partial charge in [0.2, 0.25) is 0 Å². The van der Waals surface area contributed by atoms with Crippen molar-refractivity contribution in [1.82, 2.24) is 9.88 Å². The molecule has 0 aliphatic heterocycles. The largest absolute Gasteiger partial charge is 0.301 e. The Hall–Kier alpha value is -0.540. The molecular formula is C10H16N2S. The van der Waals surface area contributed by atoms with Gasteiger partial charge >= 0.3 is 0 Å². The van der Waals surface area contributed by atoms with Crippen LogP contribution >= 0.6 is 12.6 Å². The van der Waals surface area contributed by atoms with Gasteiger partial charge in [0.25, 0.3) is 0 Å². The molecule has 0 saturated heterocycles. The van der Waals surface area contributed by atoms with Crippen molar-refractivity contribution in [2.24, 2.45) is 0 Å². The van der Waals surface area contributed by atoms with E-state index in [9.17, 15) is 0 Å². The second-order valence-corrected chi connectivity index (χ2v) is 3.58. The van der Waals surface area contributed by atoms with Gasteiger partial charge in [-0.15, -0.1) is 0 Å². The molecule has 0 amide bonds. The highest BCUT2D eigenvalue weighted by atomic mass is 32.1. The predicted octanol–water partition coefficient (Wildman–Crippen LogP) is 1.83. The summed E-state index contributed by atoms with van der Waals surface area (Å²) in [5.74, 6) is 0.951. The molecular weight excluding hydrogens is 180 g/mol. The summed E-state index contributed by atoms with van der Waals surface area (Å²) < 4.78 is 0. The van der Waals surface area contributed by atoms with E-state index in [0.717, 1.165) is 31.0 Å². The minimum absolute atomic E-state index is 0.925. The van der Waals surface area contributed by atoms with Crippen molar-refractivity contribution < 1.29 is 0 Å². The third-order valence-corrected chi connectivity index (χ3v) is 2.17. The fraction of sp³-hybridized carbons (Fsp3) is 0.500. The van der Waals surface area contributed by atoms with Crippen LogP contribution in [0.3, 0.4) is 0 Å². The van der Waals surface area contributed by atoms with Crippen LogP contribution in [0.1, 0.15) is 12.1 Å². The van der Waals surface area contributed by atoms with Crippen LogP contribution in [0.5, 0.6) is 0 Å². The first-order valence-corrected chi connectivity index (χ1v) is 5.15. The zero-order valence-corrected chi connectivity index (χ0v) is 8.87. The first kappa shape index (κ1) is 10.5. The van der Waals surface area contributed by atoms with Gasteiger partial charge in [-0.1, -0.05) is 6.07 Å². The fourth-order valence-corrected chi connectivity index (χ4v) is 1.33.